The Kier molecular flexibility index (Phi) is 4.40. The van der Waals surface area contributed by atoms with Gasteiger partial charge in [-0.15, -0.1) is 0 Å². The maximum Gasteiger partial charge on any atom is 0.126 e. The Bertz CT molecular complexity index is 499. The number of halogens is 2. The summed E-state index contributed by atoms with van der Waals surface area (Å²) >= 11 is 3.31. The first kappa shape index (κ1) is 14.4. The second-order valence-corrected chi connectivity index (χ2v) is 7.63. The highest BCUT2D eigenvalue weighted by Crippen LogP contribution is 2.24. The molecule has 0 aromatic heterocycles. The summed E-state index contributed by atoms with van der Waals surface area (Å²) in [5, 5.41) is 0.157. The second-order valence-electron chi connectivity index (χ2n) is 4.98. The highest BCUT2D eigenvalue weighted by molar-refractivity contribution is 9.10. The summed E-state index contributed by atoms with van der Waals surface area (Å²) < 4.78 is 33.4. The molecular weight excluding hydrogens is 347 g/mol. The summed E-state index contributed by atoms with van der Waals surface area (Å²) in [5.41, 5.74) is 0.870. The summed E-state index contributed by atoms with van der Waals surface area (Å²) in [6.07, 6.45) is 0. The van der Waals surface area contributed by atoms with Crippen LogP contribution in [0, 0.1) is 5.82 Å². The molecule has 0 amide bonds. The van der Waals surface area contributed by atoms with Gasteiger partial charge in [-0.05, 0) is 18.2 Å². The lowest BCUT2D eigenvalue weighted by atomic mass is 10.2. The van der Waals surface area contributed by atoms with Gasteiger partial charge in [0.05, 0.1) is 18.5 Å². The lowest BCUT2D eigenvalue weighted by Gasteiger charge is -2.38. The molecule has 1 unspecified atom stereocenters. The van der Waals surface area contributed by atoms with Crippen molar-refractivity contribution >= 4 is 32.6 Å². The van der Waals surface area contributed by atoms with E-state index in [0.29, 0.717) is 13.2 Å². The molecule has 2 aliphatic rings. The monoisotopic (exact) mass is 362 g/mol. The number of rotatable bonds is 3. The van der Waals surface area contributed by atoms with E-state index in [-0.39, 0.29) is 11.1 Å². The van der Waals surface area contributed by atoms with Gasteiger partial charge in [0.25, 0.3) is 0 Å². The van der Waals surface area contributed by atoms with Gasteiger partial charge in [0.15, 0.2) is 0 Å². The van der Waals surface area contributed by atoms with Crippen molar-refractivity contribution in [3.05, 3.63) is 28.5 Å². The fraction of sp³-hybridized carbons (Fsp3) is 0.538. The topological polar surface area (TPSA) is 32.8 Å². The summed E-state index contributed by atoms with van der Waals surface area (Å²) in [7, 11) is -0.946. The van der Waals surface area contributed by atoms with Gasteiger partial charge in [-0.2, -0.15) is 0 Å². The highest BCUT2D eigenvalue weighted by Gasteiger charge is 2.31. The molecule has 2 fully saturated rings. The number of anilines is 1. The van der Waals surface area contributed by atoms with E-state index >= 15 is 0 Å². The van der Waals surface area contributed by atoms with Crippen molar-refractivity contribution in [3.8, 4) is 0 Å². The van der Waals surface area contributed by atoms with Crippen molar-refractivity contribution in [2.24, 2.45) is 0 Å². The Morgan fingerprint density at radius 1 is 1.20 bits per heavy atom. The summed E-state index contributed by atoms with van der Waals surface area (Å²) in [5.74, 6) is -0.244. The third-order valence-corrected chi connectivity index (χ3v) is 5.77. The lowest BCUT2D eigenvalue weighted by molar-refractivity contribution is 0.0416. The van der Waals surface area contributed by atoms with E-state index in [1.54, 1.807) is 0 Å². The van der Waals surface area contributed by atoms with Crippen LogP contribution in [0.3, 0.4) is 0 Å². The third-order valence-electron chi connectivity index (χ3n) is 3.60. The first-order chi connectivity index (χ1) is 9.63. The smallest absolute Gasteiger partial charge is 0.126 e. The largest absolute Gasteiger partial charge is 0.379 e. The Morgan fingerprint density at radius 2 is 1.90 bits per heavy atom. The maximum atomic E-state index is 13.4. The molecule has 1 aromatic carbocycles. The van der Waals surface area contributed by atoms with E-state index in [1.165, 1.54) is 12.1 Å². The second kappa shape index (κ2) is 6.09. The van der Waals surface area contributed by atoms with E-state index in [2.05, 4.69) is 20.8 Å². The van der Waals surface area contributed by atoms with Gasteiger partial charge in [0, 0.05) is 36.3 Å². The number of nitrogens with zero attached hydrogens (tertiary/aromatic N) is 2. The Morgan fingerprint density at radius 3 is 2.45 bits per heavy atom. The van der Waals surface area contributed by atoms with Crippen LogP contribution in [-0.2, 0) is 15.7 Å². The molecule has 1 aromatic rings. The molecule has 2 aliphatic heterocycles. The number of benzene rings is 1. The van der Waals surface area contributed by atoms with Crippen LogP contribution in [0.1, 0.15) is 0 Å². The summed E-state index contributed by atoms with van der Waals surface area (Å²) in [6.45, 7) is 4.19. The third kappa shape index (κ3) is 3.05. The highest BCUT2D eigenvalue weighted by atomic mass is 79.9. The maximum absolute atomic E-state index is 13.4. The minimum Gasteiger partial charge on any atom is -0.379 e. The molecule has 0 radical (unpaired) electrons. The van der Waals surface area contributed by atoms with Crippen molar-refractivity contribution in [2.45, 2.75) is 5.25 Å². The average molecular weight is 363 g/mol. The van der Waals surface area contributed by atoms with Gasteiger partial charge >= 0.3 is 0 Å². The molecule has 0 spiro atoms. The molecule has 110 valence electrons. The molecule has 0 bridgehead atoms. The Labute approximate surface area is 128 Å². The number of hydrogen-bond acceptors (Lipinski definition) is 3. The molecule has 20 heavy (non-hydrogen) atoms. The van der Waals surface area contributed by atoms with Crippen LogP contribution < -0.4 is 4.90 Å². The SMILES string of the molecule is O=S(C1COC1)N1CCN(c2cc(F)cc(Br)c2)CC1. The number of piperazine rings is 1. The molecule has 2 heterocycles. The van der Waals surface area contributed by atoms with Crippen LogP contribution in [0.15, 0.2) is 22.7 Å². The minimum atomic E-state index is -0.946. The normalized spacial score (nSPS) is 22.6. The van der Waals surface area contributed by atoms with Crippen molar-refractivity contribution < 1.29 is 13.3 Å². The fourth-order valence-corrected chi connectivity index (χ4v) is 4.21. The van der Waals surface area contributed by atoms with Crippen LogP contribution in [0.5, 0.6) is 0 Å². The van der Waals surface area contributed by atoms with Gasteiger partial charge in [0.2, 0.25) is 0 Å². The quantitative estimate of drug-likeness (QED) is 0.821. The fourth-order valence-electron chi connectivity index (χ4n) is 2.39. The van der Waals surface area contributed by atoms with Gasteiger partial charge in [-0.1, -0.05) is 15.9 Å². The number of ether oxygens (including phenoxy) is 1. The molecule has 7 heteroatoms. The van der Waals surface area contributed by atoms with E-state index in [4.69, 9.17) is 4.74 Å². The van der Waals surface area contributed by atoms with Crippen molar-refractivity contribution in [1.82, 2.24) is 4.31 Å². The van der Waals surface area contributed by atoms with Crippen LogP contribution in [0.4, 0.5) is 10.1 Å². The summed E-state index contributed by atoms with van der Waals surface area (Å²) in [4.78, 5) is 2.12. The first-order valence-corrected chi connectivity index (χ1v) is 8.54. The van der Waals surface area contributed by atoms with Crippen molar-refractivity contribution in [3.63, 3.8) is 0 Å². The van der Waals surface area contributed by atoms with E-state index in [9.17, 15) is 8.60 Å². The lowest BCUT2D eigenvalue weighted by Crippen LogP contribution is -2.52. The van der Waals surface area contributed by atoms with Gasteiger partial charge < -0.3 is 9.64 Å². The van der Waals surface area contributed by atoms with Crippen LogP contribution in [0.2, 0.25) is 0 Å². The van der Waals surface area contributed by atoms with Gasteiger partial charge in [-0.25, -0.2) is 12.9 Å². The molecular formula is C13H16BrFN2O2S. The predicted octanol–water partition coefficient (Wildman–Crippen LogP) is 1.77. The Balaban J connectivity index is 1.61. The first-order valence-electron chi connectivity index (χ1n) is 6.58. The molecule has 3 rings (SSSR count). The molecule has 0 saturated carbocycles. The van der Waals surface area contributed by atoms with Crippen LogP contribution >= 0.6 is 15.9 Å². The zero-order valence-electron chi connectivity index (χ0n) is 10.9. The zero-order chi connectivity index (χ0) is 14.1. The number of hydrogen-bond donors (Lipinski definition) is 0. The van der Waals surface area contributed by atoms with Crippen LogP contribution in [0.25, 0.3) is 0 Å². The van der Waals surface area contributed by atoms with Crippen molar-refractivity contribution in [2.75, 3.05) is 44.3 Å². The van der Waals surface area contributed by atoms with Gasteiger partial charge in [0.1, 0.15) is 16.8 Å². The molecule has 1 atom stereocenters. The molecule has 0 N–H and O–H groups in total. The van der Waals surface area contributed by atoms with Crippen LogP contribution in [-0.4, -0.2) is 53.2 Å². The predicted molar refractivity (Wildman–Crippen MR) is 80.6 cm³/mol. The zero-order valence-corrected chi connectivity index (χ0v) is 13.3. The summed E-state index contributed by atoms with van der Waals surface area (Å²) in [6, 6.07) is 4.90. The molecule has 2 saturated heterocycles. The van der Waals surface area contributed by atoms with E-state index in [1.807, 2.05) is 10.4 Å². The van der Waals surface area contributed by atoms with Crippen molar-refractivity contribution in [1.29, 1.82) is 0 Å². The minimum absolute atomic E-state index is 0.157. The molecule has 0 aliphatic carbocycles. The van der Waals surface area contributed by atoms with E-state index < -0.39 is 11.0 Å². The van der Waals surface area contributed by atoms with Gasteiger partial charge in [-0.3, -0.25) is 0 Å². The standard InChI is InChI=1S/C13H16BrFN2O2S/c14-10-5-11(15)7-12(6-10)16-1-3-17(4-2-16)20(18)13-8-19-9-13/h5-7,13H,1-4,8-9H2. The molecule has 4 nitrogen and oxygen atoms in total. The van der Waals surface area contributed by atoms with E-state index in [0.717, 1.165) is 36.3 Å². The average Bonchev–Trinajstić information content (AvgIpc) is 2.35. The Hall–Kier alpha value is -0.500.